The van der Waals surface area contributed by atoms with Gasteiger partial charge in [0.25, 0.3) is 22.2 Å². The first-order valence-electron chi connectivity index (χ1n) is 22.8. The molecule has 11 nitrogen and oxygen atoms in total. The third kappa shape index (κ3) is 25.0. The Morgan fingerprint density at radius 1 is 0.679 bits per heavy atom. The Balaban J connectivity index is 1.81. The monoisotopic (exact) mass is 815 g/mol. The van der Waals surface area contributed by atoms with Crippen molar-refractivity contribution in [3.63, 3.8) is 0 Å². The van der Waals surface area contributed by atoms with Crippen molar-refractivity contribution in [3.8, 4) is 0 Å². The molecule has 12 heteroatoms. The molecular formula is C44H82N2O9S. The number of nitrogens with one attached hydrogen (secondary N) is 1. The number of rotatable bonds is 38. The number of H-pyrrole nitrogens is 1. The van der Waals surface area contributed by atoms with E-state index >= 15 is 0 Å². The fraction of sp³-hybridized carbons (Fsp3) is 0.909. The van der Waals surface area contributed by atoms with E-state index in [0.29, 0.717) is 18.8 Å². The molecule has 0 amide bonds. The Labute approximate surface area is 340 Å². The lowest BCUT2D eigenvalue weighted by atomic mass is 10.0. The molecule has 0 saturated carbocycles. The molecule has 3 atom stereocenters. The second kappa shape index (κ2) is 32.3. The van der Waals surface area contributed by atoms with Crippen LogP contribution in [-0.4, -0.2) is 62.7 Å². The number of nitrogens with zero attached hydrogens (tertiary/aromatic N) is 1. The lowest BCUT2D eigenvalue weighted by Crippen LogP contribution is -2.35. The molecule has 1 aromatic heterocycles. The zero-order valence-electron chi connectivity index (χ0n) is 36.0. The zero-order valence-corrected chi connectivity index (χ0v) is 36.9. The van der Waals surface area contributed by atoms with E-state index in [2.05, 4.69) is 18.8 Å². The molecule has 56 heavy (non-hydrogen) atoms. The topological polar surface area (TPSA) is 135 Å². The maximum Gasteiger partial charge on any atom is 0.330 e. The number of aromatic nitrogens is 2. The van der Waals surface area contributed by atoms with Crippen molar-refractivity contribution in [1.29, 1.82) is 0 Å². The van der Waals surface area contributed by atoms with Crippen LogP contribution in [0, 0.1) is 6.92 Å². The van der Waals surface area contributed by atoms with E-state index in [1.165, 1.54) is 165 Å². The summed E-state index contributed by atoms with van der Waals surface area (Å²) in [5, 5.41) is 0. The molecular weight excluding hydrogens is 733 g/mol. The lowest BCUT2D eigenvalue weighted by Gasteiger charge is -2.25. The van der Waals surface area contributed by atoms with Crippen molar-refractivity contribution in [1.82, 2.24) is 9.55 Å². The maximum absolute atomic E-state index is 12.7. The SMILES string of the molecule is CCCCCCCCCCCCCCCCOC(OCCCCCCCCCCCCCCCC)O[C@@H]1C[C@H](n2cc(C)c(=O)[nH]c2=O)OC1COS(C)(=O)=O. The molecule has 1 aromatic rings. The summed E-state index contributed by atoms with van der Waals surface area (Å²) < 4.78 is 54.9. The number of unbranched alkanes of at least 4 members (excludes halogenated alkanes) is 26. The van der Waals surface area contributed by atoms with Gasteiger partial charge in [0.05, 0.1) is 32.2 Å². The van der Waals surface area contributed by atoms with Crippen molar-refractivity contribution >= 4 is 10.1 Å². The van der Waals surface area contributed by atoms with Gasteiger partial charge in [0.15, 0.2) is 0 Å². The largest absolute Gasteiger partial charge is 0.349 e. The Morgan fingerprint density at radius 3 is 1.46 bits per heavy atom. The van der Waals surface area contributed by atoms with Crippen LogP contribution >= 0.6 is 0 Å². The van der Waals surface area contributed by atoms with E-state index in [-0.39, 0.29) is 13.0 Å². The standard InChI is InChI=1S/C44H82N2O9S/c1-5-7-9-11-13-15-17-19-21-23-25-27-29-31-33-51-44(52-34-32-30-28-26-24-22-20-18-16-14-12-10-8-6-2)55-39-35-41(54-40(39)37-53-56(4,49)50)46-36-38(3)42(47)45-43(46)48/h36,39-41,44H,5-35,37H2,1-4H3,(H,45,47,48)/t39-,40?,41-/m1/s1. The number of hydrogen-bond donors (Lipinski definition) is 1. The fourth-order valence-electron chi connectivity index (χ4n) is 7.38. The summed E-state index contributed by atoms with van der Waals surface area (Å²) in [4.78, 5) is 27.0. The molecule has 2 rings (SSSR count). The number of aromatic amines is 1. The maximum atomic E-state index is 12.7. The van der Waals surface area contributed by atoms with E-state index in [1.54, 1.807) is 6.92 Å². The Bertz CT molecular complexity index is 1280. The predicted molar refractivity (Wildman–Crippen MR) is 227 cm³/mol. The molecule has 1 aliphatic heterocycles. The first-order valence-corrected chi connectivity index (χ1v) is 24.7. The molecule has 2 heterocycles. The summed E-state index contributed by atoms with van der Waals surface area (Å²) in [6.45, 7) is 5.82. The van der Waals surface area contributed by atoms with Crippen LogP contribution in [0.3, 0.4) is 0 Å². The van der Waals surface area contributed by atoms with Crippen LogP contribution in [-0.2, 0) is 33.2 Å². The van der Waals surface area contributed by atoms with E-state index in [0.717, 1.165) is 31.9 Å². The second-order valence-corrected chi connectivity index (χ2v) is 17.9. The first kappa shape index (κ1) is 50.6. The summed E-state index contributed by atoms with van der Waals surface area (Å²) in [6.07, 6.45) is 36.0. The molecule has 0 aromatic carbocycles. The lowest BCUT2D eigenvalue weighted by molar-refractivity contribution is -0.309. The third-order valence-corrected chi connectivity index (χ3v) is 11.4. The van der Waals surface area contributed by atoms with Crippen LogP contribution in [0.5, 0.6) is 0 Å². The van der Waals surface area contributed by atoms with E-state index in [4.69, 9.17) is 23.1 Å². The molecule has 1 fully saturated rings. The molecule has 0 radical (unpaired) electrons. The van der Waals surface area contributed by atoms with Gasteiger partial charge in [0.1, 0.15) is 12.3 Å². The van der Waals surface area contributed by atoms with E-state index < -0.39 is 46.3 Å². The Kier molecular flexibility index (Phi) is 29.2. The quantitative estimate of drug-likeness (QED) is 0.0393. The van der Waals surface area contributed by atoms with Crippen LogP contribution < -0.4 is 11.2 Å². The molecule has 0 spiro atoms. The molecule has 0 bridgehead atoms. The van der Waals surface area contributed by atoms with Gasteiger partial charge in [0.2, 0.25) is 0 Å². The van der Waals surface area contributed by atoms with Crippen molar-refractivity contribution in [2.75, 3.05) is 26.1 Å². The normalized spacial score (nSPS) is 17.4. The Morgan fingerprint density at radius 2 is 1.07 bits per heavy atom. The summed E-state index contributed by atoms with van der Waals surface area (Å²) in [5.41, 5.74) is -0.732. The highest BCUT2D eigenvalue weighted by atomic mass is 32.2. The highest BCUT2D eigenvalue weighted by Gasteiger charge is 2.40. The van der Waals surface area contributed by atoms with Gasteiger partial charge in [0, 0.05) is 18.2 Å². The summed E-state index contributed by atoms with van der Waals surface area (Å²) >= 11 is 0. The third-order valence-electron chi connectivity index (χ3n) is 10.9. The highest BCUT2D eigenvalue weighted by molar-refractivity contribution is 7.85. The highest BCUT2D eigenvalue weighted by Crippen LogP contribution is 2.32. The van der Waals surface area contributed by atoms with Gasteiger partial charge in [-0.2, -0.15) is 8.42 Å². The van der Waals surface area contributed by atoms with Crippen molar-refractivity contribution in [2.45, 2.75) is 232 Å². The number of aryl methyl sites for hydroxylation is 1. The van der Waals surface area contributed by atoms with Crippen molar-refractivity contribution in [2.24, 2.45) is 0 Å². The van der Waals surface area contributed by atoms with Gasteiger partial charge in [-0.25, -0.2) is 4.79 Å². The molecule has 1 saturated heterocycles. The summed E-state index contributed by atoms with van der Waals surface area (Å²) in [6, 6.07) is 0. The van der Waals surface area contributed by atoms with E-state index in [9.17, 15) is 18.0 Å². The van der Waals surface area contributed by atoms with Crippen LogP contribution in [0.4, 0.5) is 0 Å². The number of hydrogen-bond acceptors (Lipinski definition) is 9. The fourth-order valence-corrected chi connectivity index (χ4v) is 7.76. The predicted octanol–water partition coefficient (Wildman–Crippen LogP) is 10.8. The van der Waals surface area contributed by atoms with Crippen LogP contribution in [0.15, 0.2) is 15.8 Å². The van der Waals surface area contributed by atoms with Gasteiger partial charge in [-0.3, -0.25) is 18.5 Å². The summed E-state index contributed by atoms with van der Waals surface area (Å²) in [5.74, 6) is 0. The molecule has 1 unspecified atom stereocenters. The van der Waals surface area contributed by atoms with Crippen LogP contribution in [0.1, 0.15) is 212 Å². The van der Waals surface area contributed by atoms with Gasteiger partial charge in [-0.05, 0) is 19.8 Å². The first-order chi connectivity index (χ1) is 27.1. The zero-order chi connectivity index (χ0) is 40.7. The average molecular weight is 815 g/mol. The Hall–Kier alpha value is -1.57. The molecule has 0 aliphatic carbocycles. The molecule has 1 N–H and O–H groups in total. The minimum Gasteiger partial charge on any atom is -0.349 e. The van der Waals surface area contributed by atoms with E-state index in [1.807, 2.05) is 0 Å². The van der Waals surface area contributed by atoms with Gasteiger partial charge < -0.3 is 18.9 Å². The van der Waals surface area contributed by atoms with Crippen molar-refractivity contribution < 1.29 is 31.5 Å². The van der Waals surface area contributed by atoms with Crippen LogP contribution in [0.25, 0.3) is 0 Å². The smallest absolute Gasteiger partial charge is 0.330 e. The van der Waals surface area contributed by atoms with Gasteiger partial charge in [-0.15, -0.1) is 0 Å². The van der Waals surface area contributed by atoms with Crippen molar-refractivity contribution in [3.05, 3.63) is 32.6 Å². The van der Waals surface area contributed by atoms with Crippen LogP contribution in [0.2, 0.25) is 0 Å². The number of ether oxygens (including phenoxy) is 4. The van der Waals surface area contributed by atoms with Gasteiger partial charge in [-0.1, -0.05) is 181 Å². The summed E-state index contributed by atoms with van der Waals surface area (Å²) in [7, 11) is -3.76. The minimum atomic E-state index is -3.76. The average Bonchev–Trinajstić information content (AvgIpc) is 3.56. The minimum absolute atomic E-state index is 0.212. The molecule has 328 valence electrons. The molecule has 1 aliphatic rings. The second-order valence-electron chi connectivity index (χ2n) is 16.2. The van der Waals surface area contributed by atoms with Gasteiger partial charge >= 0.3 is 5.69 Å².